The Kier molecular flexibility index (Phi) is 11.6. The number of unbranched alkanes of at least 4 members (excludes halogenated alkanes) is 2. The Hall–Kier alpha value is -2.57. The summed E-state index contributed by atoms with van der Waals surface area (Å²) in [7, 11) is 3.14. The van der Waals surface area contributed by atoms with Crippen LogP contribution in [-0.4, -0.2) is 44.0 Å². The van der Waals surface area contributed by atoms with Crippen molar-refractivity contribution in [2.75, 3.05) is 14.2 Å². The Balaban J connectivity index is 2.96. The van der Waals surface area contributed by atoms with Gasteiger partial charge in [0.1, 0.15) is 17.8 Å². The highest BCUT2D eigenvalue weighted by atomic mass is 16.5. The highest BCUT2D eigenvalue weighted by molar-refractivity contribution is 5.92. The summed E-state index contributed by atoms with van der Waals surface area (Å²) in [4.78, 5) is 37.7. The number of methoxy groups -OCH3 is 1. The van der Waals surface area contributed by atoms with Crippen molar-refractivity contribution in [3.63, 3.8) is 0 Å². The molecule has 7 heteroatoms. The van der Waals surface area contributed by atoms with Gasteiger partial charge in [-0.05, 0) is 30.0 Å². The van der Waals surface area contributed by atoms with Crippen molar-refractivity contribution in [1.29, 1.82) is 0 Å². The second kappa shape index (κ2) is 13.6. The van der Waals surface area contributed by atoms with Gasteiger partial charge in [0, 0.05) is 19.9 Å². The number of carbonyl (C=O) groups excluding carboxylic acids is 3. The zero-order valence-electron chi connectivity index (χ0n) is 18.9. The Morgan fingerprint density at radius 3 is 2.20 bits per heavy atom. The maximum atomic E-state index is 13.1. The van der Waals surface area contributed by atoms with Gasteiger partial charge >= 0.3 is 0 Å². The SMILES string of the molecule is CCCCCC(=O)NC(Cc1ccc(OC)cc1)C(=O)NC(C(=O)NC)C(C)CC. The van der Waals surface area contributed by atoms with Gasteiger partial charge in [0.05, 0.1) is 7.11 Å². The van der Waals surface area contributed by atoms with Crippen LogP contribution < -0.4 is 20.7 Å². The standard InChI is InChI=1S/C23H37N3O4/c1-6-8-9-10-20(27)25-19(15-17-11-13-18(30-5)14-12-17)22(28)26-21(16(3)7-2)23(29)24-4/h11-14,16,19,21H,6-10,15H2,1-5H3,(H,24,29)(H,25,27)(H,26,28). The van der Waals surface area contributed by atoms with Crippen LogP contribution in [-0.2, 0) is 20.8 Å². The fraction of sp³-hybridized carbons (Fsp3) is 0.609. The monoisotopic (exact) mass is 419 g/mol. The molecule has 0 heterocycles. The van der Waals surface area contributed by atoms with Gasteiger partial charge in [-0.25, -0.2) is 0 Å². The van der Waals surface area contributed by atoms with Crippen molar-refractivity contribution < 1.29 is 19.1 Å². The minimum Gasteiger partial charge on any atom is -0.497 e. The van der Waals surface area contributed by atoms with E-state index in [4.69, 9.17) is 4.74 Å². The molecule has 0 aliphatic carbocycles. The van der Waals surface area contributed by atoms with Crippen molar-refractivity contribution >= 4 is 17.7 Å². The molecule has 1 rings (SSSR count). The molecule has 3 N–H and O–H groups in total. The van der Waals surface area contributed by atoms with E-state index >= 15 is 0 Å². The minimum absolute atomic E-state index is 0.0317. The average molecular weight is 420 g/mol. The van der Waals surface area contributed by atoms with Crippen LogP contribution in [0.3, 0.4) is 0 Å². The van der Waals surface area contributed by atoms with Gasteiger partial charge in [-0.1, -0.05) is 52.2 Å². The second-order valence-electron chi connectivity index (χ2n) is 7.62. The van der Waals surface area contributed by atoms with Crippen LogP contribution >= 0.6 is 0 Å². The van der Waals surface area contributed by atoms with Crippen LogP contribution in [0.25, 0.3) is 0 Å². The number of carbonyl (C=O) groups is 3. The summed E-state index contributed by atoms with van der Waals surface area (Å²) in [6.45, 7) is 5.96. The molecule has 0 fully saturated rings. The van der Waals surface area contributed by atoms with Crippen molar-refractivity contribution in [3.05, 3.63) is 29.8 Å². The molecule has 30 heavy (non-hydrogen) atoms. The molecule has 3 unspecified atom stereocenters. The Labute approximate surface area is 180 Å². The first-order chi connectivity index (χ1) is 14.4. The lowest BCUT2D eigenvalue weighted by molar-refractivity contribution is -0.132. The Bertz CT molecular complexity index is 676. The number of ether oxygens (including phenoxy) is 1. The summed E-state index contributed by atoms with van der Waals surface area (Å²) < 4.78 is 5.18. The van der Waals surface area contributed by atoms with Crippen molar-refractivity contribution in [1.82, 2.24) is 16.0 Å². The summed E-state index contributed by atoms with van der Waals surface area (Å²) in [6.07, 6.45) is 4.22. The quantitative estimate of drug-likeness (QED) is 0.428. The molecular weight excluding hydrogens is 382 g/mol. The van der Waals surface area contributed by atoms with Crippen LogP contribution in [0.4, 0.5) is 0 Å². The summed E-state index contributed by atoms with van der Waals surface area (Å²) in [5.41, 5.74) is 0.893. The molecule has 1 aromatic carbocycles. The summed E-state index contributed by atoms with van der Waals surface area (Å²) in [6, 6.07) is 5.96. The molecule has 0 bridgehead atoms. The minimum atomic E-state index is -0.760. The first kappa shape index (κ1) is 25.5. The van der Waals surface area contributed by atoms with E-state index in [2.05, 4.69) is 22.9 Å². The molecule has 0 radical (unpaired) electrons. The summed E-state index contributed by atoms with van der Waals surface area (Å²) >= 11 is 0. The number of nitrogens with one attached hydrogen (secondary N) is 3. The topological polar surface area (TPSA) is 96.5 Å². The van der Waals surface area contributed by atoms with E-state index in [0.717, 1.165) is 37.0 Å². The van der Waals surface area contributed by atoms with Crippen LogP contribution in [0, 0.1) is 5.92 Å². The van der Waals surface area contributed by atoms with E-state index in [1.165, 1.54) is 0 Å². The molecule has 0 aliphatic heterocycles. The molecule has 168 valence electrons. The largest absolute Gasteiger partial charge is 0.497 e. The second-order valence-corrected chi connectivity index (χ2v) is 7.62. The van der Waals surface area contributed by atoms with Gasteiger partial charge in [0.25, 0.3) is 0 Å². The average Bonchev–Trinajstić information content (AvgIpc) is 2.76. The van der Waals surface area contributed by atoms with Gasteiger partial charge in [-0.2, -0.15) is 0 Å². The third-order valence-electron chi connectivity index (χ3n) is 5.30. The Morgan fingerprint density at radius 2 is 1.67 bits per heavy atom. The van der Waals surface area contributed by atoms with E-state index in [1.807, 2.05) is 38.1 Å². The van der Waals surface area contributed by atoms with Gasteiger partial charge < -0.3 is 20.7 Å². The molecule has 3 atom stereocenters. The molecule has 0 saturated heterocycles. The summed E-state index contributed by atoms with van der Waals surface area (Å²) in [5, 5.41) is 8.31. The number of likely N-dealkylation sites (N-methyl/N-ethyl adjacent to an activating group) is 1. The maximum Gasteiger partial charge on any atom is 0.243 e. The van der Waals surface area contributed by atoms with Crippen LogP contribution in [0.2, 0.25) is 0 Å². The predicted molar refractivity (Wildman–Crippen MR) is 118 cm³/mol. The van der Waals surface area contributed by atoms with Crippen LogP contribution in [0.5, 0.6) is 5.75 Å². The zero-order valence-corrected chi connectivity index (χ0v) is 18.9. The fourth-order valence-corrected chi connectivity index (χ4v) is 3.12. The number of hydrogen-bond donors (Lipinski definition) is 3. The first-order valence-corrected chi connectivity index (χ1v) is 10.8. The van der Waals surface area contributed by atoms with E-state index in [-0.39, 0.29) is 23.6 Å². The number of hydrogen-bond acceptors (Lipinski definition) is 4. The van der Waals surface area contributed by atoms with E-state index in [1.54, 1.807) is 14.2 Å². The molecule has 7 nitrogen and oxygen atoms in total. The highest BCUT2D eigenvalue weighted by Gasteiger charge is 2.29. The third-order valence-corrected chi connectivity index (χ3v) is 5.30. The van der Waals surface area contributed by atoms with Crippen LogP contribution in [0.15, 0.2) is 24.3 Å². The lowest BCUT2D eigenvalue weighted by atomic mass is 9.97. The lowest BCUT2D eigenvalue weighted by Gasteiger charge is -2.26. The van der Waals surface area contributed by atoms with Crippen molar-refractivity contribution in [2.24, 2.45) is 5.92 Å². The third kappa shape index (κ3) is 8.43. The molecule has 0 spiro atoms. The van der Waals surface area contributed by atoms with Crippen molar-refractivity contribution in [2.45, 2.75) is 71.4 Å². The van der Waals surface area contributed by atoms with Gasteiger partial charge in [0.2, 0.25) is 17.7 Å². The van der Waals surface area contributed by atoms with Crippen LogP contribution in [0.1, 0.15) is 58.4 Å². The lowest BCUT2D eigenvalue weighted by Crippen LogP contribution is -2.56. The zero-order chi connectivity index (χ0) is 22.5. The number of benzene rings is 1. The fourth-order valence-electron chi connectivity index (χ4n) is 3.12. The smallest absolute Gasteiger partial charge is 0.243 e. The molecule has 1 aromatic rings. The van der Waals surface area contributed by atoms with Crippen molar-refractivity contribution in [3.8, 4) is 5.75 Å². The highest BCUT2D eigenvalue weighted by Crippen LogP contribution is 2.14. The Morgan fingerprint density at radius 1 is 1.00 bits per heavy atom. The normalized spacial score (nSPS) is 13.6. The number of rotatable bonds is 13. The molecule has 0 aliphatic rings. The maximum absolute atomic E-state index is 13.1. The van der Waals surface area contributed by atoms with E-state index < -0.39 is 12.1 Å². The summed E-state index contributed by atoms with van der Waals surface area (Å²) in [5.74, 6) is -0.0635. The molecular formula is C23H37N3O4. The van der Waals surface area contributed by atoms with E-state index in [0.29, 0.717) is 12.8 Å². The molecule has 3 amide bonds. The molecule has 0 aromatic heterocycles. The first-order valence-electron chi connectivity index (χ1n) is 10.8. The molecule has 0 saturated carbocycles. The van der Waals surface area contributed by atoms with Gasteiger partial charge in [0.15, 0.2) is 0 Å². The van der Waals surface area contributed by atoms with Gasteiger partial charge in [-0.15, -0.1) is 0 Å². The van der Waals surface area contributed by atoms with Gasteiger partial charge in [-0.3, -0.25) is 14.4 Å². The predicted octanol–water partition coefficient (Wildman–Crippen LogP) is 2.58. The number of amides is 3. The van der Waals surface area contributed by atoms with E-state index in [9.17, 15) is 14.4 Å².